The lowest BCUT2D eigenvalue weighted by Crippen LogP contribution is -2.41. The summed E-state index contributed by atoms with van der Waals surface area (Å²) in [5.74, 6) is 0.656. The number of urea groups is 1. The summed E-state index contributed by atoms with van der Waals surface area (Å²) in [7, 11) is 0. The molecule has 0 radical (unpaired) electrons. The van der Waals surface area contributed by atoms with E-state index in [-0.39, 0.29) is 23.7 Å². The van der Waals surface area contributed by atoms with E-state index in [1.54, 1.807) is 0 Å². The van der Waals surface area contributed by atoms with Gasteiger partial charge in [-0.1, -0.05) is 18.2 Å². The Hall–Kier alpha value is -3.22. The van der Waals surface area contributed by atoms with Crippen LogP contribution in [-0.4, -0.2) is 36.7 Å². The first kappa shape index (κ1) is 18.6. The van der Waals surface area contributed by atoms with E-state index in [4.69, 9.17) is 4.74 Å². The molecule has 27 heavy (non-hydrogen) atoms. The lowest BCUT2D eigenvalue weighted by molar-refractivity contribution is 0.0954. The molecule has 1 heterocycles. The zero-order valence-electron chi connectivity index (χ0n) is 14.9. The number of nitrogens with one attached hydrogen (secondary N) is 3. The molecule has 4 N–H and O–H groups in total. The molecule has 0 spiro atoms. The van der Waals surface area contributed by atoms with Crippen molar-refractivity contribution in [2.45, 2.75) is 18.9 Å². The number of carbonyl (C=O) groups excluding carboxylic acids is 2. The molecule has 142 valence electrons. The van der Waals surface area contributed by atoms with E-state index in [0.29, 0.717) is 25.3 Å². The Morgan fingerprint density at radius 1 is 1.04 bits per heavy atom. The molecule has 2 aromatic carbocycles. The molecule has 0 bridgehead atoms. The lowest BCUT2D eigenvalue weighted by Gasteiger charge is -2.18. The van der Waals surface area contributed by atoms with Gasteiger partial charge in [0.25, 0.3) is 5.91 Å². The van der Waals surface area contributed by atoms with Crippen LogP contribution in [0.4, 0.5) is 4.79 Å². The number of phenols is 1. The maximum absolute atomic E-state index is 12.2. The number of benzene rings is 2. The number of rotatable bonds is 5. The van der Waals surface area contributed by atoms with Gasteiger partial charge in [0.2, 0.25) is 0 Å². The van der Waals surface area contributed by atoms with Gasteiger partial charge < -0.3 is 25.8 Å². The van der Waals surface area contributed by atoms with E-state index in [2.05, 4.69) is 16.0 Å². The average Bonchev–Trinajstić information content (AvgIpc) is 2.88. The number of phenolic OH excluding ortho intramolecular Hbond substituents is 1. The van der Waals surface area contributed by atoms with E-state index in [9.17, 15) is 14.7 Å². The summed E-state index contributed by atoms with van der Waals surface area (Å²) >= 11 is 0. The van der Waals surface area contributed by atoms with Crippen molar-refractivity contribution in [2.75, 3.05) is 19.7 Å². The van der Waals surface area contributed by atoms with Crippen LogP contribution >= 0.6 is 0 Å². The summed E-state index contributed by atoms with van der Waals surface area (Å²) in [5.41, 5.74) is 1.43. The summed E-state index contributed by atoms with van der Waals surface area (Å²) in [6, 6.07) is 13.3. The van der Waals surface area contributed by atoms with E-state index >= 15 is 0 Å². The second kappa shape index (κ2) is 8.93. The molecule has 1 aliphatic heterocycles. The molecular weight excluding hydrogens is 346 g/mol. The molecule has 0 aromatic heterocycles. The second-order valence-corrected chi connectivity index (χ2v) is 6.28. The second-order valence-electron chi connectivity index (χ2n) is 6.28. The van der Waals surface area contributed by atoms with Gasteiger partial charge in [0.05, 0.1) is 12.6 Å². The highest BCUT2D eigenvalue weighted by Crippen LogP contribution is 2.30. The number of hydrogen-bond acceptors (Lipinski definition) is 4. The van der Waals surface area contributed by atoms with Crippen LogP contribution in [0.1, 0.15) is 34.8 Å². The number of para-hydroxylation sites is 1. The predicted molar refractivity (Wildman–Crippen MR) is 101 cm³/mol. The van der Waals surface area contributed by atoms with Crippen LogP contribution in [0.15, 0.2) is 48.5 Å². The minimum atomic E-state index is -0.282. The average molecular weight is 369 g/mol. The van der Waals surface area contributed by atoms with Crippen LogP contribution in [0.25, 0.3) is 0 Å². The van der Waals surface area contributed by atoms with Crippen LogP contribution in [-0.2, 0) is 0 Å². The summed E-state index contributed by atoms with van der Waals surface area (Å²) in [4.78, 5) is 24.1. The highest BCUT2D eigenvalue weighted by molar-refractivity contribution is 5.94. The quantitative estimate of drug-likeness (QED) is 0.608. The number of ether oxygens (including phenoxy) is 1. The molecule has 0 aliphatic carbocycles. The molecule has 3 amide bonds. The van der Waals surface area contributed by atoms with Crippen molar-refractivity contribution in [2.24, 2.45) is 0 Å². The minimum Gasteiger partial charge on any atom is -0.508 e. The van der Waals surface area contributed by atoms with Gasteiger partial charge in [0.15, 0.2) is 0 Å². The van der Waals surface area contributed by atoms with E-state index in [1.165, 1.54) is 24.3 Å². The number of carbonyl (C=O) groups is 2. The highest BCUT2D eigenvalue weighted by Gasteiger charge is 2.20. The third-order valence-electron chi connectivity index (χ3n) is 4.32. The topological polar surface area (TPSA) is 99.7 Å². The van der Waals surface area contributed by atoms with Gasteiger partial charge >= 0.3 is 6.03 Å². The Kier molecular flexibility index (Phi) is 6.14. The Bertz CT molecular complexity index is 792. The van der Waals surface area contributed by atoms with Crippen molar-refractivity contribution in [3.8, 4) is 11.5 Å². The van der Waals surface area contributed by atoms with Crippen LogP contribution in [0.5, 0.6) is 11.5 Å². The van der Waals surface area contributed by atoms with Crippen molar-refractivity contribution >= 4 is 11.9 Å². The molecular formula is C20H23N3O4. The molecule has 1 atom stereocenters. The first-order valence-electron chi connectivity index (χ1n) is 8.97. The van der Waals surface area contributed by atoms with Crippen molar-refractivity contribution < 1.29 is 19.4 Å². The molecule has 7 heteroatoms. The zero-order chi connectivity index (χ0) is 19.1. The number of aromatic hydroxyl groups is 1. The first-order valence-corrected chi connectivity index (χ1v) is 8.97. The molecule has 2 aromatic rings. The monoisotopic (exact) mass is 369 g/mol. The molecule has 3 rings (SSSR count). The van der Waals surface area contributed by atoms with Crippen LogP contribution in [0.2, 0.25) is 0 Å². The predicted octanol–water partition coefficient (Wildman–Crippen LogP) is 2.34. The largest absolute Gasteiger partial charge is 0.508 e. The van der Waals surface area contributed by atoms with Gasteiger partial charge in [0.1, 0.15) is 11.5 Å². The van der Waals surface area contributed by atoms with Gasteiger partial charge in [-0.2, -0.15) is 0 Å². The summed E-state index contributed by atoms with van der Waals surface area (Å²) in [6.07, 6.45) is 1.67. The SMILES string of the molecule is O=C(NCCNC(=O)c1ccc(O)cc1)N[C@H]1CCCOc2ccccc21. The molecule has 1 aliphatic rings. The molecule has 0 saturated carbocycles. The van der Waals surface area contributed by atoms with Gasteiger partial charge in [-0.15, -0.1) is 0 Å². The lowest BCUT2D eigenvalue weighted by atomic mass is 10.0. The van der Waals surface area contributed by atoms with Crippen molar-refractivity contribution in [3.63, 3.8) is 0 Å². The van der Waals surface area contributed by atoms with Crippen molar-refractivity contribution in [3.05, 3.63) is 59.7 Å². The van der Waals surface area contributed by atoms with Crippen LogP contribution in [0.3, 0.4) is 0 Å². The van der Waals surface area contributed by atoms with E-state index in [1.807, 2.05) is 24.3 Å². The maximum atomic E-state index is 12.2. The Balaban J connectivity index is 1.43. The number of hydrogen-bond donors (Lipinski definition) is 4. The minimum absolute atomic E-state index is 0.102. The smallest absolute Gasteiger partial charge is 0.315 e. The maximum Gasteiger partial charge on any atom is 0.315 e. The zero-order valence-corrected chi connectivity index (χ0v) is 14.9. The standard InChI is InChI=1S/C20H23N3O4/c24-15-9-7-14(8-10-15)19(25)21-11-12-22-20(26)23-17-5-3-13-27-18-6-2-1-4-16(17)18/h1-2,4,6-10,17,24H,3,5,11-13H2,(H,21,25)(H2,22,23,26)/t17-/m0/s1. The van der Waals surface area contributed by atoms with Crippen molar-refractivity contribution in [1.29, 1.82) is 0 Å². The fourth-order valence-electron chi connectivity index (χ4n) is 2.95. The van der Waals surface area contributed by atoms with Gasteiger partial charge in [-0.3, -0.25) is 4.79 Å². The molecule has 0 unspecified atom stereocenters. The summed E-state index contributed by atoms with van der Waals surface area (Å²) < 4.78 is 5.70. The highest BCUT2D eigenvalue weighted by atomic mass is 16.5. The Labute approximate surface area is 157 Å². The van der Waals surface area contributed by atoms with E-state index < -0.39 is 0 Å². The Morgan fingerprint density at radius 3 is 2.59 bits per heavy atom. The first-order chi connectivity index (χ1) is 13.1. The molecule has 0 saturated heterocycles. The third-order valence-corrected chi connectivity index (χ3v) is 4.32. The number of amides is 3. The normalized spacial score (nSPS) is 15.6. The fourth-order valence-corrected chi connectivity index (χ4v) is 2.95. The van der Waals surface area contributed by atoms with Gasteiger partial charge in [0, 0.05) is 24.2 Å². The molecule has 0 fully saturated rings. The van der Waals surface area contributed by atoms with Crippen LogP contribution < -0.4 is 20.7 Å². The van der Waals surface area contributed by atoms with Gasteiger partial charge in [-0.25, -0.2) is 4.79 Å². The van der Waals surface area contributed by atoms with E-state index in [0.717, 1.165) is 24.2 Å². The van der Waals surface area contributed by atoms with Gasteiger partial charge in [-0.05, 0) is 43.2 Å². The van der Waals surface area contributed by atoms with Crippen molar-refractivity contribution in [1.82, 2.24) is 16.0 Å². The number of fused-ring (bicyclic) bond motifs is 1. The van der Waals surface area contributed by atoms with Crippen LogP contribution in [0, 0.1) is 0 Å². The third kappa shape index (κ3) is 5.13. The summed E-state index contributed by atoms with van der Waals surface area (Å²) in [6.45, 7) is 1.25. The molecule has 7 nitrogen and oxygen atoms in total. The Morgan fingerprint density at radius 2 is 1.78 bits per heavy atom. The summed E-state index contributed by atoms with van der Waals surface area (Å²) in [5, 5.41) is 17.7. The fraction of sp³-hybridized carbons (Fsp3) is 0.300.